The van der Waals surface area contributed by atoms with Crippen LogP contribution in [-0.2, 0) is 4.79 Å². The average molecular weight is 275 g/mol. The Labute approximate surface area is 119 Å². The van der Waals surface area contributed by atoms with Crippen LogP contribution in [0.25, 0.3) is 0 Å². The molecule has 108 valence electrons. The number of amides is 1. The van der Waals surface area contributed by atoms with Gasteiger partial charge in [0.1, 0.15) is 5.75 Å². The van der Waals surface area contributed by atoms with Gasteiger partial charge in [0.2, 0.25) is 5.91 Å². The Morgan fingerprint density at radius 2 is 1.90 bits per heavy atom. The number of hydrogen-bond donors (Lipinski definition) is 2. The Kier molecular flexibility index (Phi) is 3.92. The van der Waals surface area contributed by atoms with Gasteiger partial charge < -0.3 is 15.2 Å². The molecule has 1 aromatic rings. The largest absolute Gasteiger partial charge is 0.493 e. The van der Waals surface area contributed by atoms with E-state index in [0.717, 1.165) is 43.4 Å². The summed E-state index contributed by atoms with van der Waals surface area (Å²) in [6, 6.07) is 7.99. The molecule has 20 heavy (non-hydrogen) atoms. The number of rotatable bonds is 2. The van der Waals surface area contributed by atoms with Gasteiger partial charge in [0.25, 0.3) is 0 Å². The lowest BCUT2D eigenvalue weighted by Crippen LogP contribution is -2.41. The molecule has 4 heteroatoms. The molecule has 1 amide bonds. The zero-order chi connectivity index (χ0) is 13.9. The topological polar surface area (TPSA) is 58.6 Å². The van der Waals surface area contributed by atoms with E-state index in [1.54, 1.807) is 0 Å². The van der Waals surface area contributed by atoms with Crippen LogP contribution in [0.2, 0.25) is 0 Å². The summed E-state index contributed by atoms with van der Waals surface area (Å²) in [6.07, 6.45) is 3.87. The number of para-hydroxylation sites is 1. The van der Waals surface area contributed by atoms with Crippen molar-refractivity contribution in [3.05, 3.63) is 29.8 Å². The SMILES string of the molecule is O=C(NC1CCC(O)CC1)C1CCOc2ccccc21. The average Bonchev–Trinajstić information content (AvgIpc) is 2.49. The van der Waals surface area contributed by atoms with Crippen LogP contribution in [0.15, 0.2) is 24.3 Å². The van der Waals surface area contributed by atoms with Crippen molar-refractivity contribution in [1.29, 1.82) is 0 Å². The number of carbonyl (C=O) groups excluding carboxylic acids is 1. The van der Waals surface area contributed by atoms with Gasteiger partial charge in [-0.3, -0.25) is 4.79 Å². The van der Waals surface area contributed by atoms with Gasteiger partial charge in [0, 0.05) is 11.6 Å². The normalized spacial score (nSPS) is 29.1. The Bertz CT molecular complexity index is 480. The van der Waals surface area contributed by atoms with Crippen molar-refractivity contribution < 1.29 is 14.6 Å². The first-order valence-corrected chi connectivity index (χ1v) is 7.44. The Balaban J connectivity index is 1.66. The maximum atomic E-state index is 12.5. The van der Waals surface area contributed by atoms with Crippen molar-refractivity contribution in [3.63, 3.8) is 0 Å². The van der Waals surface area contributed by atoms with Crippen LogP contribution in [-0.4, -0.2) is 29.8 Å². The molecule has 2 N–H and O–H groups in total. The van der Waals surface area contributed by atoms with Crippen LogP contribution >= 0.6 is 0 Å². The molecule has 4 nitrogen and oxygen atoms in total. The number of aliphatic hydroxyl groups is 1. The molecule has 1 atom stereocenters. The summed E-state index contributed by atoms with van der Waals surface area (Å²) < 4.78 is 5.59. The van der Waals surface area contributed by atoms with Crippen LogP contribution < -0.4 is 10.1 Å². The number of benzene rings is 1. The lowest BCUT2D eigenvalue weighted by atomic mass is 9.89. The second kappa shape index (κ2) is 5.83. The summed E-state index contributed by atoms with van der Waals surface area (Å²) in [5.74, 6) is 0.826. The van der Waals surface area contributed by atoms with E-state index >= 15 is 0 Å². The summed E-state index contributed by atoms with van der Waals surface area (Å²) in [4.78, 5) is 12.5. The second-order valence-electron chi connectivity index (χ2n) is 5.74. The van der Waals surface area contributed by atoms with E-state index in [1.165, 1.54) is 0 Å². The van der Waals surface area contributed by atoms with Crippen LogP contribution in [0.1, 0.15) is 43.6 Å². The molecule has 1 fully saturated rings. The van der Waals surface area contributed by atoms with Crippen molar-refractivity contribution in [1.82, 2.24) is 5.32 Å². The molecular weight excluding hydrogens is 254 g/mol. The summed E-state index contributed by atoms with van der Waals surface area (Å²) in [6.45, 7) is 0.596. The third-order valence-corrected chi connectivity index (χ3v) is 4.32. The minimum absolute atomic E-state index is 0.0992. The molecule has 0 saturated heterocycles. The molecule has 0 radical (unpaired) electrons. The molecule has 1 aliphatic heterocycles. The predicted molar refractivity (Wildman–Crippen MR) is 75.7 cm³/mol. The monoisotopic (exact) mass is 275 g/mol. The predicted octanol–water partition coefficient (Wildman–Crippen LogP) is 1.97. The molecule has 1 aromatic carbocycles. The number of ether oxygens (including phenoxy) is 1. The zero-order valence-corrected chi connectivity index (χ0v) is 11.5. The van der Waals surface area contributed by atoms with Gasteiger partial charge in [-0.2, -0.15) is 0 Å². The van der Waals surface area contributed by atoms with E-state index in [1.807, 2.05) is 24.3 Å². The first-order chi connectivity index (χ1) is 9.74. The first-order valence-electron chi connectivity index (χ1n) is 7.44. The van der Waals surface area contributed by atoms with Gasteiger partial charge in [0.05, 0.1) is 18.6 Å². The van der Waals surface area contributed by atoms with Gasteiger partial charge in [-0.05, 0) is 38.2 Å². The fourth-order valence-electron chi connectivity index (χ4n) is 3.14. The zero-order valence-electron chi connectivity index (χ0n) is 11.5. The van der Waals surface area contributed by atoms with E-state index in [-0.39, 0.29) is 24.0 Å². The third kappa shape index (κ3) is 2.80. The fraction of sp³-hybridized carbons (Fsp3) is 0.562. The van der Waals surface area contributed by atoms with E-state index in [4.69, 9.17) is 4.74 Å². The molecule has 1 heterocycles. The Morgan fingerprint density at radius 1 is 1.15 bits per heavy atom. The second-order valence-corrected chi connectivity index (χ2v) is 5.74. The Morgan fingerprint density at radius 3 is 2.70 bits per heavy atom. The minimum atomic E-state index is -0.188. The molecule has 1 aliphatic carbocycles. The summed E-state index contributed by atoms with van der Waals surface area (Å²) >= 11 is 0. The third-order valence-electron chi connectivity index (χ3n) is 4.32. The van der Waals surface area contributed by atoms with E-state index in [2.05, 4.69) is 5.32 Å². The van der Waals surface area contributed by atoms with Gasteiger partial charge in [-0.15, -0.1) is 0 Å². The lowest BCUT2D eigenvalue weighted by Gasteiger charge is -2.30. The highest BCUT2D eigenvalue weighted by Gasteiger charge is 2.29. The molecule has 1 unspecified atom stereocenters. The Hall–Kier alpha value is -1.55. The van der Waals surface area contributed by atoms with Crippen LogP contribution in [0.5, 0.6) is 5.75 Å². The molecule has 0 spiro atoms. The van der Waals surface area contributed by atoms with Gasteiger partial charge in [-0.1, -0.05) is 18.2 Å². The first kappa shape index (κ1) is 13.4. The van der Waals surface area contributed by atoms with E-state index in [9.17, 15) is 9.90 Å². The molecule has 0 aromatic heterocycles. The maximum absolute atomic E-state index is 12.5. The van der Waals surface area contributed by atoms with Crippen LogP contribution in [0, 0.1) is 0 Å². The molecule has 2 aliphatic rings. The highest BCUT2D eigenvalue weighted by atomic mass is 16.5. The fourth-order valence-corrected chi connectivity index (χ4v) is 3.14. The number of aliphatic hydroxyl groups excluding tert-OH is 1. The van der Waals surface area contributed by atoms with Crippen molar-refractivity contribution in [2.75, 3.05) is 6.61 Å². The molecular formula is C16H21NO3. The van der Waals surface area contributed by atoms with Gasteiger partial charge in [-0.25, -0.2) is 0 Å². The summed E-state index contributed by atoms with van der Waals surface area (Å²) in [5.41, 5.74) is 0.993. The minimum Gasteiger partial charge on any atom is -0.493 e. The van der Waals surface area contributed by atoms with E-state index < -0.39 is 0 Å². The van der Waals surface area contributed by atoms with E-state index in [0.29, 0.717) is 6.61 Å². The van der Waals surface area contributed by atoms with Crippen molar-refractivity contribution in [3.8, 4) is 5.75 Å². The quantitative estimate of drug-likeness (QED) is 0.867. The standard InChI is InChI=1S/C16H21NO3/c18-12-7-5-11(6-8-12)17-16(19)14-9-10-20-15-4-2-1-3-13(14)15/h1-4,11-12,14,18H,5-10H2,(H,17,19). The summed E-state index contributed by atoms with van der Waals surface area (Å²) in [7, 11) is 0. The van der Waals surface area contributed by atoms with Crippen LogP contribution in [0.4, 0.5) is 0 Å². The van der Waals surface area contributed by atoms with Gasteiger partial charge >= 0.3 is 0 Å². The smallest absolute Gasteiger partial charge is 0.228 e. The molecule has 3 rings (SSSR count). The lowest BCUT2D eigenvalue weighted by molar-refractivity contribution is -0.124. The molecule has 0 bridgehead atoms. The number of carbonyl (C=O) groups is 1. The van der Waals surface area contributed by atoms with Crippen molar-refractivity contribution in [2.45, 2.75) is 50.2 Å². The maximum Gasteiger partial charge on any atom is 0.228 e. The number of fused-ring (bicyclic) bond motifs is 1. The highest BCUT2D eigenvalue weighted by molar-refractivity contribution is 5.85. The number of nitrogens with one attached hydrogen (secondary N) is 1. The van der Waals surface area contributed by atoms with Crippen molar-refractivity contribution >= 4 is 5.91 Å². The highest BCUT2D eigenvalue weighted by Crippen LogP contribution is 2.33. The molecule has 1 saturated carbocycles. The number of hydrogen-bond acceptors (Lipinski definition) is 3. The van der Waals surface area contributed by atoms with Crippen molar-refractivity contribution in [2.24, 2.45) is 0 Å². The summed E-state index contributed by atoms with van der Waals surface area (Å²) in [5, 5.41) is 12.7. The van der Waals surface area contributed by atoms with Gasteiger partial charge in [0.15, 0.2) is 0 Å². The van der Waals surface area contributed by atoms with Crippen LogP contribution in [0.3, 0.4) is 0 Å².